The summed E-state index contributed by atoms with van der Waals surface area (Å²) in [6, 6.07) is 1.63. The van der Waals surface area contributed by atoms with Crippen LogP contribution in [0.25, 0.3) is 0 Å². The lowest BCUT2D eigenvalue weighted by Gasteiger charge is -1.93. The largest absolute Gasteiger partial charge is 0.328 e. The SMILES string of the molecule is O=CCc1c[nH]c(=O)c(Br)c1. The molecule has 0 aliphatic heterocycles. The van der Waals surface area contributed by atoms with Gasteiger partial charge in [0.25, 0.3) is 5.56 Å². The monoisotopic (exact) mass is 215 g/mol. The molecule has 0 aromatic carbocycles. The topological polar surface area (TPSA) is 49.9 Å². The summed E-state index contributed by atoms with van der Waals surface area (Å²) in [4.78, 5) is 23.3. The van der Waals surface area contributed by atoms with Crippen LogP contribution in [0.3, 0.4) is 0 Å². The van der Waals surface area contributed by atoms with E-state index in [9.17, 15) is 9.59 Å². The van der Waals surface area contributed by atoms with Crippen LogP contribution in [0.5, 0.6) is 0 Å². The van der Waals surface area contributed by atoms with Gasteiger partial charge in [-0.1, -0.05) is 0 Å². The molecular formula is C7H6BrNO2. The fraction of sp³-hybridized carbons (Fsp3) is 0.143. The molecular weight excluding hydrogens is 210 g/mol. The van der Waals surface area contributed by atoms with Gasteiger partial charge in [-0.25, -0.2) is 0 Å². The van der Waals surface area contributed by atoms with E-state index in [1.54, 1.807) is 6.07 Å². The number of carbonyl (C=O) groups excluding carboxylic acids is 1. The van der Waals surface area contributed by atoms with Crippen LogP contribution in [0.4, 0.5) is 0 Å². The van der Waals surface area contributed by atoms with E-state index in [0.29, 0.717) is 10.9 Å². The Morgan fingerprint density at radius 3 is 2.91 bits per heavy atom. The van der Waals surface area contributed by atoms with Gasteiger partial charge in [-0.05, 0) is 27.6 Å². The second-order valence-corrected chi connectivity index (χ2v) is 2.91. The van der Waals surface area contributed by atoms with Gasteiger partial charge in [0.1, 0.15) is 6.29 Å². The van der Waals surface area contributed by atoms with Crippen LogP contribution in [0, 0.1) is 0 Å². The lowest BCUT2D eigenvalue weighted by Crippen LogP contribution is -2.06. The molecule has 0 bridgehead atoms. The first-order chi connectivity index (χ1) is 5.24. The quantitative estimate of drug-likeness (QED) is 0.746. The molecule has 0 amide bonds. The van der Waals surface area contributed by atoms with Crippen LogP contribution in [0.15, 0.2) is 21.5 Å². The number of hydrogen-bond donors (Lipinski definition) is 1. The van der Waals surface area contributed by atoms with Gasteiger partial charge in [-0.15, -0.1) is 0 Å². The molecule has 0 saturated carbocycles. The van der Waals surface area contributed by atoms with E-state index in [4.69, 9.17) is 0 Å². The average molecular weight is 216 g/mol. The van der Waals surface area contributed by atoms with Crippen molar-refractivity contribution in [1.29, 1.82) is 0 Å². The first kappa shape index (κ1) is 8.20. The van der Waals surface area contributed by atoms with E-state index < -0.39 is 0 Å². The van der Waals surface area contributed by atoms with Gasteiger partial charge >= 0.3 is 0 Å². The zero-order chi connectivity index (χ0) is 8.27. The molecule has 0 unspecified atom stereocenters. The Morgan fingerprint density at radius 1 is 1.64 bits per heavy atom. The number of rotatable bonds is 2. The second-order valence-electron chi connectivity index (χ2n) is 2.06. The van der Waals surface area contributed by atoms with Crippen molar-refractivity contribution in [3.8, 4) is 0 Å². The molecule has 4 heteroatoms. The zero-order valence-electron chi connectivity index (χ0n) is 5.63. The Labute approximate surface area is 71.6 Å². The number of nitrogens with one attached hydrogen (secondary N) is 1. The molecule has 1 aromatic rings. The Balaban J connectivity index is 3.04. The molecule has 58 valence electrons. The van der Waals surface area contributed by atoms with Crippen LogP contribution < -0.4 is 5.56 Å². The van der Waals surface area contributed by atoms with Gasteiger partial charge < -0.3 is 9.78 Å². The van der Waals surface area contributed by atoms with Crippen LogP contribution in [0.2, 0.25) is 0 Å². The summed E-state index contributed by atoms with van der Waals surface area (Å²) < 4.78 is 0.455. The molecule has 0 aliphatic carbocycles. The minimum atomic E-state index is -0.181. The fourth-order valence-corrected chi connectivity index (χ4v) is 1.12. The molecule has 3 nitrogen and oxygen atoms in total. The predicted octanol–water partition coefficient (Wildman–Crippen LogP) is 0.879. The van der Waals surface area contributed by atoms with Crippen molar-refractivity contribution in [3.63, 3.8) is 0 Å². The summed E-state index contributed by atoms with van der Waals surface area (Å²) in [6.45, 7) is 0. The zero-order valence-corrected chi connectivity index (χ0v) is 7.22. The summed E-state index contributed by atoms with van der Waals surface area (Å²) in [5, 5.41) is 0. The van der Waals surface area contributed by atoms with Crippen LogP contribution >= 0.6 is 15.9 Å². The number of carbonyl (C=O) groups is 1. The normalized spacial score (nSPS) is 9.55. The highest BCUT2D eigenvalue weighted by Crippen LogP contribution is 2.04. The fourth-order valence-electron chi connectivity index (χ4n) is 0.711. The number of aromatic nitrogens is 1. The molecule has 0 radical (unpaired) electrons. The van der Waals surface area contributed by atoms with Gasteiger partial charge in [0.05, 0.1) is 4.47 Å². The molecule has 1 N–H and O–H groups in total. The first-order valence-corrected chi connectivity index (χ1v) is 3.84. The van der Waals surface area contributed by atoms with E-state index >= 15 is 0 Å². The van der Waals surface area contributed by atoms with Gasteiger partial charge in [0, 0.05) is 12.6 Å². The van der Waals surface area contributed by atoms with E-state index in [-0.39, 0.29) is 5.56 Å². The molecule has 0 fully saturated rings. The molecule has 1 rings (SSSR count). The molecule has 0 aliphatic rings. The average Bonchev–Trinajstić information content (AvgIpc) is 1.98. The van der Waals surface area contributed by atoms with Crippen molar-refractivity contribution in [3.05, 3.63) is 32.7 Å². The van der Waals surface area contributed by atoms with Crippen molar-refractivity contribution < 1.29 is 4.79 Å². The van der Waals surface area contributed by atoms with Crippen LogP contribution in [0.1, 0.15) is 5.56 Å². The Kier molecular flexibility index (Phi) is 2.59. The number of H-pyrrole nitrogens is 1. The second kappa shape index (κ2) is 3.48. The number of aldehydes is 1. The van der Waals surface area contributed by atoms with Crippen molar-refractivity contribution in [2.45, 2.75) is 6.42 Å². The number of pyridine rings is 1. The lowest BCUT2D eigenvalue weighted by atomic mass is 10.2. The number of aromatic amines is 1. The van der Waals surface area contributed by atoms with Gasteiger partial charge in [-0.3, -0.25) is 4.79 Å². The molecule has 11 heavy (non-hydrogen) atoms. The minimum Gasteiger partial charge on any atom is -0.328 e. The minimum absolute atomic E-state index is 0.181. The maximum atomic E-state index is 10.8. The summed E-state index contributed by atoms with van der Waals surface area (Å²) in [5.74, 6) is 0. The van der Waals surface area contributed by atoms with Crippen molar-refractivity contribution in [1.82, 2.24) is 4.98 Å². The van der Waals surface area contributed by atoms with E-state index in [1.165, 1.54) is 6.20 Å². The maximum absolute atomic E-state index is 10.8. The van der Waals surface area contributed by atoms with E-state index in [0.717, 1.165) is 11.8 Å². The summed E-state index contributed by atoms with van der Waals surface area (Å²) in [5.41, 5.74) is 0.617. The standard InChI is InChI=1S/C7H6BrNO2/c8-6-3-5(1-2-10)4-9-7(6)11/h2-4H,1H2,(H,9,11). The highest BCUT2D eigenvalue weighted by atomic mass is 79.9. The highest BCUT2D eigenvalue weighted by molar-refractivity contribution is 9.10. The molecule has 1 aromatic heterocycles. The molecule has 0 saturated heterocycles. The molecule has 0 spiro atoms. The van der Waals surface area contributed by atoms with Crippen LogP contribution in [-0.4, -0.2) is 11.3 Å². The third-order valence-electron chi connectivity index (χ3n) is 1.24. The highest BCUT2D eigenvalue weighted by Gasteiger charge is 1.96. The van der Waals surface area contributed by atoms with E-state index in [1.807, 2.05) is 0 Å². The third kappa shape index (κ3) is 2.01. The Bertz CT molecular complexity index is 318. The number of hydrogen-bond acceptors (Lipinski definition) is 2. The van der Waals surface area contributed by atoms with Crippen LogP contribution in [-0.2, 0) is 11.2 Å². The van der Waals surface area contributed by atoms with Gasteiger partial charge in [-0.2, -0.15) is 0 Å². The maximum Gasteiger partial charge on any atom is 0.262 e. The smallest absolute Gasteiger partial charge is 0.262 e. The van der Waals surface area contributed by atoms with Gasteiger partial charge in [0.15, 0.2) is 0 Å². The van der Waals surface area contributed by atoms with E-state index in [2.05, 4.69) is 20.9 Å². The van der Waals surface area contributed by atoms with Crippen molar-refractivity contribution >= 4 is 22.2 Å². The third-order valence-corrected chi connectivity index (χ3v) is 1.83. The molecule has 1 heterocycles. The Hall–Kier alpha value is -0.900. The van der Waals surface area contributed by atoms with Crippen molar-refractivity contribution in [2.75, 3.05) is 0 Å². The molecule has 0 atom stereocenters. The predicted molar refractivity (Wildman–Crippen MR) is 44.5 cm³/mol. The first-order valence-electron chi connectivity index (χ1n) is 3.05. The summed E-state index contributed by atoms with van der Waals surface area (Å²) in [6.07, 6.45) is 2.65. The summed E-state index contributed by atoms with van der Waals surface area (Å²) in [7, 11) is 0. The summed E-state index contributed by atoms with van der Waals surface area (Å²) >= 11 is 3.06. The number of halogens is 1. The Morgan fingerprint density at radius 2 is 2.36 bits per heavy atom. The van der Waals surface area contributed by atoms with Crippen molar-refractivity contribution in [2.24, 2.45) is 0 Å². The lowest BCUT2D eigenvalue weighted by molar-refractivity contribution is -0.107. The van der Waals surface area contributed by atoms with Gasteiger partial charge in [0.2, 0.25) is 0 Å².